The number of hydrogen-bond acceptors (Lipinski definition) is 2. The van der Waals surface area contributed by atoms with E-state index in [0.29, 0.717) is 0 Å². The number of halogens is 1. The summed E-state index contributed by atoms with van der Waals surface area (Å²) in [5.41, 5.74) is 1.70. The van der Waals surface area contributed by atoms with E-state index in [4.69, 9.17) is 0 Å². The molecule has 0 bridgehead atoms. The van der Waals surface area contributed by atoms with E-state index < -0.39 is 0 Å². The molecule has 0 atom stereocenters. The minimum Gasteiger partial charge on any atom is -0.329 e. The molecule has 0 unspecified atom stereocenters. The first kappa shape index (κ1) is 10.6. The summed E-state index contributed by atoms with van der Waals surface area (Å²) < 4.78 is 13.3. The van der Waals surface area contributed by atoms with Gasteiger partial charge in [0.05, 0.1) is 0 Å². The van der Waals surface area contributed by atoms with Crippen LogP contribution in [0.1, 0.15) is 5.56 Å². The van der Waals surface area contributed by atoms with Crippen LogP contribution in [0.5, 0.6) is 0 Å². The molecule has 16 heavy (non-hydrogen) atoms. The minimum atomic E-state index is -0.224. The van der Waals surface area contributed by atoms with Crippen molar-refractivity contribution >= 4 is 11.5 Å². The number of aromatic nitrogens is 1. The molecule has 0 amide bonds. The summed E-state index contributed by atoms with van der Waals surface area (Å²) in [6.07, 6.45) is 1.72. The average molecular weight is 216 g/mol. The molecule has 0 aliphatic rings. The number of aryl methyl sites for hydroxylation is 1. The summed E-state index contributed by atoms with van der Waals surface area (Å²) >= 11 is 0. The maximum absolute atomic E-state index is 13.3. The van der Waals surface area contributed by atoms with E-state index >= 15 is 0 Å². The summed E-state index contributed by atoms with van der Waals surface area (Å²) in [6, 6.07) is 10.6. The molecule has 0 aliphatic heterocycles. The molecule has 0 spiro atoms. The van der Waals surface area contributed by atoms with E-state index in [-0.39, 0.29) is 5.82 Å². The van der Waals surface area contributed by atoms with Crippen LogP contribution in [-0.4, -0.2) is 12.0 Å². The highest BCUT2D eigenvalue weighted by Gasteiger charge is 2.06. The van der Waals surface area contributed by atoms with Crippen molar-refractivity contribution in [2.45, 2.75) is 6.92 Å². The maximum atomic E-state index is 13.3. The van der Waals surface area contributed by atoms with E-state index in [1.165, 1.54) is 12.1 Å². The lowest BCUT2D eigenvalue weighted by molar-refractivity contribution is 0.626. The molecule has 2 aromatic rings. The van der Waals surface area contributed by atoms with Gasteiger partial charge in [-0.2, -0.15) is 0 Å². The van der Waals surface area contributed by atoms with Gasteiger partial charge in [0.15, 0.2) is 0 Å². The van der Waals surface area contributed by atoms with Crippen LogP contribution in [0.3, 0.4) is 0 Å². The zero-order chi connectivity index (χ0) is 11.5. The highest BCUT2D eigenvalue weighted by Crippen LogP contribution is 2.23. The van der Waals surface area contributed by atoms with Gasteiger partial charge in [-0.15, -0.1) is 0 Å². The van der Waals surface area contributed by atoms with Crippen LogP contribution < -0.4 is 4.90 Å². The molecule has 0 saturated carbocycles. The molecule has 1 aromatic carbocycles. The van der Waals surface area contributed by atoms with Crippen molar-refractivity contribution in [2.75, 3.05) is 11.9 Å². The first-order valence-electron chi connectivity index (χ1n) is 5.09. The lowest BCUT2D eigenvalue weighted by atomic mass is 10.2. The summed E-state index contributed by atoms with van der Waals surface area (Å²) in [5, 5.41) is 0. The number of anilines is 2. The number of hydrogen-bond donors (Lipinski definition) is 0. The standard InChI is InChI=1S/C13H13FN2/c1-10-7-11(14)9-12(8-10)16(2)13-5-3-4-6-15-13/h3-9H,1-2H3. The Morgan fingerprint density at radius 3 is 2.62 bits per heavy atom. The Balaban J connectivity index is 2.37. The first-order valence-corrected chi connectivity index (χ1v) is 5.09. The Labute approximate surface area is 94.4 Å². The van der Waals surface area contributed by atoms with Crippen LogP contribution in [0.15, 0.2) is 42.6 Å². The molecule has 0 saturated heterocycles. The lowest BCUT2D eigenvalue weighted by Gasteiger charge is -2.18. The molecular formula is C13H13FN2. The molecule has 3 heteroatoms. The zero-order valence-corrected chi connectivity index (χ0v) is 9.31. The molecule has 0 aliphatic carbocycles. The maximum Gasteiger partial charge on any atom is 0.132 e. The molecule has 0 N–H and O–H groups in total. The normalized spacial score (nSPS) is 10.2. The second-order valence-corrected chi connectivity index (χ2v) is 3.73. The van der Waals surface area contributed by atoms with Crippen LogP contribution in [0.4, 0.5) is 15.9 Å². The van der Waals surface area contributed by atoms with Crippen molar-refractivity contribution in [1.82, 2.24) is 4.98 Å². The largest absolute Gasteiger partial charge is 0.329 e. The fourth-order valence-corrected chi connectivity index (χ4v) is 1.60. The zero-order valence-electron chi connectivity index (χ0n) is 9.31. The van der Waals surface area contributed by atoms with E-state index in [0.717, 1.165) is 17.1 Å². The molecule has 2 rings (SSSR count). The SMILES string of the molecule is Cc1cc(F)cc(N(C)c2ccccn2)c1. The van der Waals surface area contributed by atoms with Gasteiger partial charge in [-0.1, -0.05) is 6.07 Å². The first-order chi connectivity index (χ1) is 7.66. The summed E-state index contributed by atoms with van der Waals surface area (Å²) in [5.74, 6) is 0.574. The Hall–Kier alpha value is -1.90. The van der Waals surface area contributed by atoms with Gasteiger partial charge in [0.2, 0.25) is 0 Å². The minimum absolute atomic E-state index is 0.224. The van der Waals surface area contributed by atoms with Gasteiger partial charge in [-0.05, 0) is 42.8 Å². The van der Waals surface area contributed by atoms with Gasteiger partial charge in [-0.3, -0.25) is 0 Å². The molecule has 1 heterocycles. The third kappa shape index (κ3) is 2.19. The molecule has 82 valence electrons. The van der Waals surface area contributed by atoms with Crippen LogP contribution in [0, 0.1) is 12.7 Å². The quantitative estimate of drug-likeness (QED) is 0.765. The fourth-order valence-electron chi connectivity index (χ4n) is 1.60. The van der Waals surface area contributed by atoms with Crippen molar-refractivity contribution in [1.29, 1.82) is 0 Å². The molecular weight excluding hydrogens is 203 g/mol. The second-order valence-electron chi connectivity index (χ2n) is 3.73. The summed E-state index contributed by atoms with van der Waals surface area (Å²) in [7, 11) is 1.87. The van der Waals surface area contributed by atoms with Crippen molar-refractivity contribution in [2.24, 2.45) is 0 Å². The van der Waals surface area contributed by atoms with Crippen molar-refractivity contribution in [3.05, 3.63) is 54.0 Å². The third-order valence-electron chi connectivity index (χ3n) is 2.41. The number of pyridine rings is 1. The highest BCUT2D eigenvalue weighted by atomic mass is 19.1. The van der Waals surface area contributed by atoms with E-state index in [1.807, 2.05) is 43.1 Å². The fraction of sp³-hybridized carbons (Fsp3) is 0.154. The van der Waals surface area contributed by atoms with Crippen molar-refractivity contribution < 1.29 is 4.39 Å². The Bertz CT molecular complexity index is 462. The van der Waals surface area contributed by atoms with Gasteiger partial charge in [0.1, 0.15) is 11.6 Å². The monoisotopic (exact) mass is 216 g/mol. The van der Waals surface area contributed by atoms with Crippen LogP contribution >= 0.6 is 0 Å². The van der Waals surface area contributed by atoms with E-state index in [1.54, 1.807) is 6.20 Å². The van der Waals surface area contributed by atoms with E-state index in [9.17, 15) is 4.39 Å². The molecule has 1 aromatic heterocycles. The third-order valence-corrected chi connectivity index (χ3v) is 2.41. The predicted molar refractivity (Wildman–Crippen MR) is 63.4 cm³/mol. The van der Waals surface area contributed by atoms with Gasteiger partial charge in [0.25, 0.3) is 0 Å². The Morgan fingerprint density at radius 2 is 2.00 bits per heavy atom. The van der Waals surface area contributed by atoms with Crippen LogP contribution in [0.2, 0.25) is 0 Å². The number of benzene rings is 1. The number of nitrogens with zero attached hydrogens (tertiary/aromatic N) is 2. The van der Waals surface area contributed by atoms with Gasteiger partial charge >= 0.3 is 0 Å². The van der Waals surface area contributed by atoms with Gasteiger partial charge in [-0.25, -0.2) is 9.37 Å². The Morgan fingerprint density at radius 1 is 1.19 bits per heavy atom. The summed E-state index contributed by atoms with van der Waals surface area (Å²) in [6.45, 7) is 1.87. The summed E-state index contributed by atoms with van der Waals surface area (Å²) in [4.78, 5) is 6.08. The van der Waals surface area contributed by atoms with E-state index in [2.05, 4.69) is 4.98 Å². The predicted octanol–water partition coefficient (Wildman–Crippen LogP) is 3.30. The second kappa shape index (κ2) is 4.31. The molecule has 0 radical (unpaired) electrons. The molecule has 0 fully saturated rings. The van der Waals surface area contributed by atoms with Crippen LogP contribution in [-0.2, 0) is 0 Å². The van der Waals surface area contributed by atoms with Gasteiger partial charge < -0.3 is 4.90 Å². The molecule has 2 nitrogen and oxygen atoms in total. The smallest absolute Gasteiger partial charge is 0.132 e. The van der Waals surface area contributed by atoms with Crippen molar-refractivity contribution in [3.63, 3.8) is 0 Å². The number of rotatable bonds is 2. The lowest BCUT2D eigenvalue weighted by Crippen LogP contribution is -2.11. The Kier molecular flexibility index (Phi) is 2.86. The highest BCUT2D eigenvalue weighted by molar-refractivity contribution is 5.59. The topological polar surface area (TPSA) is 16.1 Å². The van der Waals surface area contributed by atoms with Crippen LogP contribution in [0.25, 0.3) is 0 Å². The van der Waals surface area contributed by atoms with Crippen molar-refractivity contribution in [3.8, 4) is 0 Å². The average Bonchev–Trinajstić information content (AvgIpc) is 2.28. The van der Waals surface area contributed by atoms with Gasteiger partial charge in [0, 0.05) is 18.9 Å².